The fourth-order valence-electron chi connectivity index (χ4n) is 1.38. The largest absolute Gasteiger partial charge is 0.382 e. The summed E-state index contributed by atoms with van der Waals surface area (Å²) >= 11 is 0. The van der Waals surface area contributed by atoms with E-state index in [1.54, 1.807) is 7.11 Å². The molecule has 0 spiro atoms. The van der Waals surface area contributed by atoms with Crippen LogP contribution in [0.2, 0.25) is 0 Å². The van der Waals surface area contributed by atoms with Gasteiger partial charge in [-0.3, -0.25) is 0 Å². The van der Waals surface area contributed by atoms with Gasteiger partial charge in [0, 0.05) is 13.7 Å². The van der Waals surface area contributed by atoms with Gasteiger partial charge in [0.05, 0.1) is 38.7 Å². The van der Waals surface area contributed by atoms with Crippen LogP contribution >= 0.6 is 0 Å². The minimum Gasteiger partial charge on any atom is -0.382 e. The highest BCUT2D eigenvalue weighted by Gasteiger charge is 2.12. The molecule has 1 aromatic carbocycles. The Morgan fingerprint density at radius 1 is 0.900 bits per heavy atom. The van der Waals surface area contributed by atoms with E-state index in [9.17, 15) is 13.2 Å². The van der Waals surface area contributed by atoms with Crippen molar-refractivity contribution in [3.8, 4) is 0 Å². The average Bonchev–Trinajstić information content (AvgIpc) is 2.45. The van der Waals surface area contributed by atoms with Crippen molar-refractivity contribution in [2.24, 2.45) is 0 Å². The third kappa shape index (κ3) is 5.77. The summed E-state index contributed by atoms with van der Waals surface area (Å²) in [5.74, 6) is -3.92. The number of anilines is 1. The van der Waals surface area contributed by atoms with Gasteiger partial charge >= 0.3 is 0 Å². The van der Waals surface area contributed by atoms with Crippen LogP contribution in [0.3, 0.4) is 0 Å². The fourth-order valence-corrected chi connectivity index (χ4v) is 1.38. The van der Waals surface area contributed by atoms with Gasteiger partial charge in [-0.25, -0.2) is 13.2 Å². The van der Waals surface area contributed by atoms with Crippen molar-refractivity contribution >= 4 is 5.69 Å². The van der Waals surface area contributed by atoms with Crippen molar-refractivity contribution in [3.63, 3.8) is 0 Å². The Hall–Kier alpha value is -1.31. The highest BCUT2D eigenvalue weighted by Crippen LogP contribution is 2.19. The molecule has 1 N–H and O–H groups in total. The molecule has 0 aliphatic rings. The molecule has 0 amide bonds. The third-order valence-electron chi connectivity index (χ3n) is 2.40. The maximum absolute atomic E-state index is 13.3. The highest BCUT2D eigenvalue weighted by molar-refractivity contribution is 5.45. The zero-order valence-corrected chi connectivity index (χ0v) is 11.3. The number of methoxy groups -OCH3 is 1. The molecular weight excluding hydrogens is 275 g/mol. The van der Waals surface area contributed by atoms with E-state index in [2.05, 4.69) is 5.32 Å². The SMILES string of the molecule is COCCOCCOCCNc1ccc(F)c(F)c1F. The second-order valence-electron chi connectivity index (χ2n) is 3.87. The summed E-state index contributed by atoms with van der Waals surface area (Å²) in [6.07, 6.45) is 0. The summed E-state index contributed by atoms with van der Waals surface area (Å²) in [4.78, 5) is 0. The van der Waals surface area contributed by atoms with Crippen LogP contribution in [0, 0.1) is 17.5 Å². The second kappa shape index (κ2) is 9.57. The van der Waals surface area contributed by atoms with Crippen LogP contribution in [0.4, 0.5) is 18.9 Å². The number of ether oxygens (including phenoxy) is 3. The van der Waals surface area contributed by atoms with Gasteiger partial charge in [-0.1, -0.05) is 0 Å². The summed E-state index contributed by atoms with van der Waals surface area (Å²) in [5.41, 5.74) is -0.0937. The summed E-state index contributed by atoms with van der Waals surface area (Å²) in [6.45, 7) is 2.43. The molecule has 0 radical (unpaired) electrons. The lowest BCUT2D eigenvalue weighted by Crippen LogP contribution is -2.14. The summed E-state index contributed by atoms with van der Waals surface area (Å²) < 4.78 is 54.0. The van der Waals surface area contributed by atoms with Gasteiger partial charge in [0.25, 0.3) is 0 Å². The van der Waals surface area contributed by atoms with Gasteiger partial charge in [0.15, 0.2) is 17.5 Å². The van der Waals surface area contributed by atoms with E-state index in [1.165, 1.54) is 0 Å². The predicted molar refractivity (Wildman–Crippen MR) is 68.3 cm³/mol. The molecule has 0 saturated heterocycles. The normalized spacial score (nSPS) is 10.8. The van der Waals surface area contributed by atoms with Crippen LogP contribution in [0.15, 0.2) is 12.1 Å². The van der Waals surface area contributed by atoms with Crippen molar-refractivity contribution in [1.29, 1.82) is 0 Å². The van der Waals surface area contributed by atoms with Gasteiger partial charge in [-0.05, 0) is 12.1 Å². The van der Waals surface area contributed by atoms with E-state index >= 15 is 0 Å². The standard InChI is InChI=1S/C13H18F3NO3/c1-18-6-7-20-9-8-19-5-4-17-11-3-2-10(14)12(15)13(11)16/h2-3,17H,4-9H2,1H3. The van der Waals surface area contributed by atoms with Gasteiger partial charge in [-0.2, -0.15) is 0 Å². The molecule has 0 aliphatic heterocycles. The van der Waals surface area contributed by atoms with E-state index in [0.29, 0.717) is 33.0 Å². The van der Waals surface area contributed by atoms with Crippen molar-refractivity contribution in [2.45, 2.75) is 0 Å². The Balaban J connectivity index is 2.11. The minimum atomic E-state index is -1.48. The molecule has 0 fully saturated rings. The maximum Gasteiger partial charge on any atom is 0.196 e. The maximum atomic E-state index is 13.3. The first-order chi connectivity index (χ1) is 9.66. The molecule has 0 saturated carbocycles. The second-order valence-corrected chi connectivity index (χ2v) is 3.87. The smallest absolute Gasteiger partial charge is 0.196 e. The lowest BCUT2D eigenvalue weighted by molar-refractivity contribution is 0.0272. The molecule has 1 rings (SSSR count). The van der Waals surface area contributed by atoms with E-state index in [-0.39, 0.29) is 12.2 Å². The Bertz CT molecular complexity index is 405. The molecule has 0 heterocycles. The minimum absolute atomic E-state index is 0.0937. The molecule has 1 aromatic rings. The van der Waals surface area contributed by atoms with Crippen LogP contribution in [-0.2, 0) is 14.2 Å². The quantitative estimate of drug-likeness (QED) is 0.530. The number of nitrogens with one attached hydrogen (secondary N) is 1. The Morgan fingerprint density at radius 3 is 2.25 bits per heavy atom. The molecule has 4 nitrogen and oxygen atoms in total. The van der Waals surface area contributed by atoms with Crippen LogP contribution in [0.5, 0.6) is 0 Å². The van der Waals surface area contributed by atoms with Crippen LogP contribution in [-0.4, -0.2) is 46.7 Å². The zero-order chi connectivity index (χ0) is 14.8. The first-order valence-electron chi connectivity index (χ1n) is 6.18. The number of benzene rings is 1. The van der Waals surface area contributed by atoms with E-state index in [1.807, 2.05) is 0 Å². The number of hydrogen-bond acceptors (Lipinski definition) is 4. The van der Waals surface area contributed by atoms with Crippen molar-refractivity contribution < 1.29 is 27.4 Å². The molecule has 0 bridgehead atoms. The summed E-state index contributed by atoms with van der Waals surface area (Å²) in [5, 5.41) is 2.62. The van der Waals surface area contributed by atoms with E-state index in [0.717, 1.165) is 12.1 Å². The Labute approximate surface area is 115 Å². The van der Waals surface area contributed by atoms with Crippen LogP contribution < -0.4 is 5.32 Å². The lowest BCUT2D eigenvalue weighted by Gasteiger charge is -2.09. The first kappa shape index (κ1) is 16.7. The zero-order valence-electron chi connectivity index (χ0n) is 11.3. The third-order valence-corrected chi connectivity index (χ3v) is 2.40. The number of halogens is 3. The molecule has 0 aliphatic carbocycles. The molecule has 114 valence electrons. The van der Waals surface area contributed by atoms with Gasteiger partial charge in [0.1, 0.15) is 0 Å². The Kier molecular flexibility index (Phi) is 8.01. The topological polar surface area (TPSA) is 39.7 Å². The molecule has 0 aromatic heterocycles. The van der Waals surface area contributed by atoms with Crippen molar-refractivity contribution in [1.82, 2.24) is 0 Å². The first-order valence-corrected chi connectivity index (χ1v) is 6.18. The van der Waals surface area contributed by atoms with E-state index < -0.39 is 17.5 Å². The summed E-state index contributed by atoms with van der Waals surface area (Å²) in [6, 6.07) is 2.01. The highest BCUT2D eigenvalue weighted by atomic mass is 19.2. The fraction of sp³-hybridized carbons (Fsp3) is 0.538. The van der Waals surface area contributed by atoms with Crippen molar-refractivity contribution in [3.05, 3.63) is 29.6 Å². The average molecular weight is 293 g/mol. The molecule has 7 heteroatoms. The van der Waals surface area contributed by atoms with Crippen molar-refractivity contribution in [2.75, 3.05) is 52.0 Å². The summed E-state index contributed by atoms with van der Waals surface area (Å²) in [7, 11) is 1.59. The van der Waals surface area contributed by atoms with Gasteiger partial charge in [-0.15, -0.1) is 0 Å². The van der Waals surface area contributed by atoms with E-state index in [4.69, 9.17) is 14.2 Å². The van der Waals surface area contributed by atoms with Crippen LogP contribution in [0.25, 0.3) is 0 Å². The molecule has 0 atom stereocenters. The van der Waals surface area contributed by atoms with Crippen LogP contribution in [0.1, 0.15) is 0 Å². The lowest BCUT2D eigenvalue weighted by atomic mass is 10.3. The number of hydrogen-bond donors (Lipinski definition) is 1. The molecule has 20 heavy (non-hydrogen) atoms. The van der Waals surface area contributed by atoms with Gasteiger partial charge < -0.3 is 19.5 Å². The molecular formula is C13H18F3NO3. The Morgan fingerprint density at radius 2 is 1.55 bits per heavy atom. The molecule has 0 unspecified atom stereocenters. The van der Waals surface area contributed by atoms with Gasteiger partial charge in [0.2, 0.25) is 0 Å². The monoisotopic (exact) mass is 293 g/mol. The predicted octanol–water partition coefficient (Wildman–Crippen LogP) is 2.20. The number of rotatable bonds is 10.